The molecule has 0 bridgehead atoms. The first-order chi connectivity index (χ1) is 10.6. The molecule has 6 heteroatoms. The van der Waals surface area contributed by atoms with Gasteiger partial charge in [-0.2, -0.15) is 0 Å². The van der Waals surface area contributed by atoms with Gasteiger partial charge in [-0.05, 0) is 37.5 Å². The van der Waals surface area contributed by atoms with Gasteiger partial charge in [0.2, 0.25) is 5.91 Å². The molecule has 2 amide bonds. The summed E-state index contributed by atoms with van der Waals surface area (Å²) in [6.45, 7) is 2.61. The number of ether oxygens (including phenoxy) is 1. The van der Waals surface area contributed by atoms with Gasteiger partial charge in [0.15, 0.2) is 6.61 Å². The van der Waals surface area contributed by atoms with Gasteiger partial charge in [0.05, 0.1) is 5.56 Å². The third kappa shape index (κ3) is 4.58. The Balaban J connectivity index is 1.88. The van der Waals surface area contributed by atoms with E-state index < -0.39 is 5.97 Å². The number of anilines is 1. The van der Waals surface area contributed by atoms with Crippen LogP contribution < -0.4 is 5.32 Å². The van der Waals surface area contributed by atoms with Gasteiger partial charge in [-0.1, -0.05) is 6.07 Å². The van der Waals surface area contributed by atoms with Crippen LogP contribution in [-0.2, 0) is 14.3 Å². The molecule has 1 aromatic carbocycles. The lowest BCUT2D eigenvalue weighted by atomic mass is 10.1. The van der Waals surface area contributed by atoms with Crippen molar-refractivity contribution < 1.29 is 19.1 Å². The van der Waals surface area contributed by atoms with E-state index in [4.69, 9.17) is 4.74 Å². The molecule has 1 heterocycles. The molecule has 118 valence electrons. The maximum atomic E-state index is 12.0. The Bertz CT molecular complexity index is 565. The molecule has 0 aliphatic carbocycles. The van der Waals surface area contributed by atoms with Crippen LogP contribution in [0.3, 0.4) is 0 Å². The summed E-state index contributed by atoms with van der Waals surface area (Å²) in [5.74, 6) is -0.950. The number of rotatable bonds is 4. The van der Waals surface area contributed by atoms with Crippen LogP contribution in [0.2, 0.25) is 0 Å². The van der Waals surface area contributed by atoms with E-state index in [0.29, 0.717) is 11.3 Å². The summed E-state index contributed by atoms with van der Waals surface area (Å²) in [6.07, 6.45) is 3.14. The molecule has 1 aliphatic heterocycles. The number of esters is 1. The van der Waals surface area contributed by atoms with Crippen LogP contribution in [0.1, 0.15) is 36.5 Å². The van der Waals surface area contributed by atoms with Crippen molar-refractivity contribution in [2.45, 2.75) is 26.2 Å². The maximum absolute atomic E-state index is 12.0. The average Bonchev–Trinajstić information content (AvgIpc) is 2.52. The molecular weight excluding hydrogens is 284 g/mol. The molecule has 6 nitrogen and oxygen atoms in total. The largest absolute Gasteiger partial charge is 0.452 e. The summed E-state index contributed by atoms with van der Waals surface area (Å²) in [6, 6.07) is 6.43. The molecule has 1 saturated heterocycles. The standard InChI is InChI=1S/C16H20N2O4/c1-12(19)17-14-7-5-6-13(10-14)16(21)22-11-15(20)18-8-3-2-4-9-18/h5-7,10H,2-4,8-9,11H2,1H3,(H,17,19). The SMILES string of the molecule is CC(=O)Nc1cccc(C(=O)OCC(=O)N2CCCCC2)c1. The molecule has 22 heavy (non-hydrogen) atoms. The van der Waals surface area contributed by atoms with Gasteiger partial charge < -0.3 is 15.0 Å². The number of hydrogen-bond acceptors (Lipinski definition) is 4. The van der Waals surface area contributed by atoms with Crippen molar-refractivity contribution in [2.24, 2.45) is 0 Å². The van der Waals surface area contributed by atoms with Crippen LogP contribution in [-0.4, -0.2) is 42.4 Å². The number of likely N-dealkylation sites (tertiary alicyclic amines) is 1. The molecule has 0 aromatic heterocycles. The van der Waals surface area contributed by atoms with E-state index in [9.17, 15) is 14.4 Å². The van der Waals surface area contributed by atoms with Crippen molar-refractivity contribution in [3.8, 4) is 0 Å². The summed E-state index contributed by atoms with van der Waals surface area (Å²) in [5.41, 5.74) is 0.821. The van der Waals surface area contributed by atoms with Crippen LogP contribution in [0.4, 0.5) is 5.69 Å². The van der Waals surface area contributed by atoms with Gasteiger partial charge in [-0.15, -0.1) is 0 Å². The smallest absolute Gasteiger partial charge is 0.338 e. The minimum absolute atomic E-state index is 0.161. The van der Waals surface area contributed by atoms with E-state index in [1.165, 1.54) is 13.0 Å². The lowest BCUT2D eigenvalue weighted by Crippen LogP contribution is -2.38. The number of carbonyl (C=O) groups is 3. The zero-order valence-corrected chi connectivity index (χ0v) is 12.6. The first-order valence-corrected chi connectivity index (χ1v) is 7.39. The maximum Gasteiger partial charge on any atom is 0.338 e. The summed E-state index contributed by atoms with van der Waals surface area (Å²) in [5, 5.41) is 2.59. The van der Waals surface area contributed by atoms with Crippen molar-refractivity contribution in [3.63, 3.8) is 0 Å². The number of piperidine rings is 1. The highest BCUT2D eigenvalue weighted by Crippen LogP contribution is 2.12. The van der Waals surface area contributed by atoms with Crippen LogP contribution in [0.15, 0.2) is 24.3 Å². The van der Waals surface area contributed by atoms with Gasteiger partial charge in [0, 0.05) is 25.7 Å². The van der Waals surface area contributed by atoms with E-state index in [-0.39, 0.29) is 18.4 Å². The Kier molecular flexibility index (Phi) is 5.52. The number of benzene rings is 1. The van der Waals surface area contributed by atoms with Gasteiger partial charge in [0.25, 0.3) is 5.91 Å². The Hall–Kier alpha value is -2.37. The van der Waals surface area contributed by atoms with Crippen LogP contribution >= 0.6 is 0 Å². The predicted octanol–water partition coefficient (Wildman–Crippen LogP) is 1.81. The average molecular weight is 304 g/mol. The second kappa shape index (κ2) is 7.59. The lowest BCUT2D eigenvalue weighted by molar-refractivity contribution is -0.135. The highest BCUT2D eigenvalue weighted by molar-refractivity contribution is 5.94. The molecule has 1 aromatic rings. The molecule has 0 atom stereocenters. The third-order valence-electron chi connectivity index (χ3n) is 3.45. The summed E-state index contributed by atoms with van der Waals surface area (Å²) < 4.78 is 5.06. The third-order valence-corrected chi connectivity index (χ3v) is 3.45. The Labute approximate surface area is 129 Å². The first-order valence-electron chi connectivity index (χ1n) is 7.39. The predicted molar refractivity (Wildman–Crippen MR) is 81.5 cm³/mol. The van der Waals surface area contributed by atoms with Crippen molar-refractivity contribution in [1.82, 2.24) is 4.90 Å². The van der Waals surface area contributed by atoms with Crippen LogP contribution in [0.5, 0.6) is 0 Å². The fourth-order valence-electron chi connectivity index (χ4n) is 2.37. The molecule has 1 N–H and O–H groups in total. The number of hydrogen-bond donors (Lipinski definition) is 1. The minimum Gasteiger partial charge on any atom is -0.452 e. The molecule has 0 spiro atoms. The first kappa shape index (κ1) is 16.0. The normalized spacial score (nSPS) is 14.3. The fraction of sp³-hybridized carbons (Fsp3) is 0.438. The van der Waals surface area contributed by atoms with Gasteiger partial charge in [-0.3, -0.25) is 9.59 Å². The fourth-order valence-corrected chi connectivity index (χ4v) is 2.37. The summed E-state index contributed by atoms with van der Waals surface area (Å²) in [7, 11) is 0. The Morgan fingerprint density at radius 1 is 1.18 bits per heavy atom. The highest BCUT2D eigenvalue weighted by atomic mass is 16.5. The quantitative estimate of drug-likeness (QED) is 0.861. The zero-order chi connectivity index (χ0) is 15.9. The zero-order valence-electron chi connectivity index (χ0n) is 12.6. The van der Waals surface area contributed by atoms with Crippen molar-refractivity contribution in [1.29, 1.82) is 0 Å². The Morgan fingerprint density at radius 3 is 2.59 bits per heavy atom. The molecule has 0 saturated carbocycles. The molecular formula is C16H20N2O4. The van der Waals surface area contributed by atoms with Crippen molar-refractivity contribution in [2.75, 3.05) is 25.0 Å². The van der Waals surface area contributed by atoms with Gasteiger partial charge >= 0.3 is 5.97 Å². The number of carbonyl (C=O) groups excluding carboxylic acids is 3. The van der Waals surface area contributed by atoms with E-state index in [1.807, 2.05) is 0 Å². The number of amides is 2. The number of nitrogens with one attached hydrogen (secondary N) is 1. The van der Waals surface area contributed by atoms with E-state index in [0.717, 1.165) is 32.4 Å². The molecule has 0 radical (unpaired) electrons. The summed E-state index contributed by atoms with van der Waals surface area (Å²) >= 11 is 0. The second-order valence-electron chi connectivity index (χ2n) is 5.28. The van der Waals surface area contributed by atoms with Crippen molar-refractivity contribution in [3.05, 3.63) is 29.8 Å². The molecule has 1 aliphatic rings. The number of nitrogens with zero attached hydrogens (tertiary/aromatic N) is 1. The molecule has 1 fully saturated rings. The Morgan fingerprint density at radius 2 is 1.91 bits per heavy atom. The highest BCUT2D eigenvalue weighted by Gasteiger charge is 2.18. The van der Waals surface area contributed by atoms with E-state index in [2.05, 4.69) is 5.32 Å². The van der Waals surface area contributed by atoms with Crippen LogP contribution in [0, 0.1) is 0 Å². The lowest BCUT2D eigenvalue weighted by Gasteiger charge is -2.26. The monoisotopic (exact) mass is 304 g/mol. The second-order valence-corrected chi connectivity index (χ2v) is 5.28. The summed E-state index contributed by atoms with van der Waals surface area (Å²) in [4.78, 5) is 36.6. The molecule has 0 unspecified atom stereocenters. The van der Waals surface area contributed by atoms with Gasteiger partial charge in [-0.25, -0.2) is 4.79 Å². The van der Waals surface area contributed by atoms with Crippen molar-refractivity contribution >= 4 is 23.5 Å². The van der Waals surface area contributed by atoms with Gasteiger partial charge in [0.1, 0.15) is 0 Å². The van der Waals surface area contributed by atoms with Crippen LogP contribution in [0.25, 0.3) is 0 Å². The topological polar surface area (TPSA) is 75.7 Å². The van der Waals surface area contributed by atoms with E-state index >= 15 is 0 Å². The molecule has 2 rings (SSSR count). The minimum atomic E-state index is -0.572. The van der Waals surface area contributed by atoms with E-state index in [1.54, 1.807) is 23.1 Å².